The molecule has 1 aromatic heterocycles. The lowest BCUT2D eigenvalue weighted by Crippen LogP contribution is -2.35. The van der Waals surface area contributed by atoms with E-state index in [0.29, 0.717) is 5.56 Å². The number of aromatic nitrogens is 2. The molecule has 0 spiro atoms. The third-order valence-corrected chi connectivity index (χ3v) is 4.98. The monoisotopic (exact) mass is 461 g/mol. The second kappa shape index (κ2) is 10.1. The van der Waals surface area contributed by atoms with Crippen LogP contribution in [0.25, 0.3) is 5.69 Å². The number of aryl methyl sites for hydroxylation is 1. The summed E-state index contributed by atoms with van der Waals surface area (Å²) in [5, 5.41) is 17.1. The number of alkyl halides is 3. The number of halogens is 3. The molecule has 1 atom stereocenters. The van der Waals surface area contributed by atoms with Gasteiger partial charge in [0.1, 0.15) is 18.5 Å². The number of ether oxygens (including phenoxy) is 1. The average molecular weight is 461 g/mol. The van der Waals surface area contributed by atoms with Crippen molar-refractivity contribution in [2.75, 3.05) is 13.2 Å². The summed E-state index contributed by atoms with van der Waals surface area (Å²) in [4.78, 5) is 12.8. The lowest BCUT2D eigenvalue weighted by Gasteiger charge is -2.16. The second-order valence-corrected chi connectivity index (χ2v) is 8.05. The van der Waals surface area contributed by atoms with E-state index in [1.807, 2.05) is 45.0 Å². The molecule has 0 saturated carbocycles. The maximum Gasteiger partial charge on any atom is 0.416 e. The van der Waals surface area contributed by atoms with Crippen LogP contribution in [0, 0.1) is 6.92 Å². The van der Waals surface area contributed by atoms with Gasteiger partial charge in [0.15, 0.2) is 0 Å². The number of rotatable bonds is 8. The molecular weight excluding hydrogens is 435 g/mol. The Bertz CT molecular complexity index is 1090. The van der Waals surface area contributed by atoms with E-state index in [0.717, 1.165) is 29.1 Å². The highest BCUT2D eigenvalue weighted by atomic mass is 19.4. The zero-order valence-electron chi connectivity index (χ0n) is 18.6. The standard InChI is InChI=1S/C24H26F3N3O3/c1-15(2)22-21(13-29-30(22)18-9-7-16(3)8-10-18)23(32)28-12-19(31)14-33-20-6-4-5-17(11-20)24(25,26)27/h4-11,13,15,19,31H,12,14H2,1-3H3,(H,28,32). The van der Waals surface area contributed by atoms with Crippen LogP contribution in [-0.4, -0.2) is 40.0 Å². The average Bonchev–Trinajstić information content (AvgIpc) is 3.22. The first-order valence-corrected chi connectivity index (χ1v) is 10.5. The van der Waals surface area contributed by atoms with Crippen molar-refractivity contribution in [2.45, 2.75) is 39.0 Å². The molecule has 1 amide bonds. The molecule has 3 rings (SSSR count). The summed E-state index contributed by atoms with van der Waals surface area (Å²) in [5.74, 6) is -0.421. The molecule has 176 valence electrons. The minimum Gasteiger partial charge on any atom is -0.491 e. The van der Waals surface area contributed by atoms with Crippen molar-refractivity contribution in [2.24, 2.45) is 0 Å². The molecule has 0 fully saturated rings. The van der Waals surface area contributed by atoms with Gasteiger partial charge in [-0.25, -0.2) is 4.68 Å². The normalized spacial score (nSPS) is 12.6. The van der Waals surface area contributed by atoms with Gasteiger partial charge in [0.25, 0.3) is 5.91 Å². The first kappa shape index (κ1) is 24.3. The SMILES string of the molecule is Cc1ccc(-n2ncc(C(=O)NCC(O)COc3cccc(C(F)(F)F)c3)c2C(C)C)cc1. The molecular formula is C24H26F3N3O3. The van der Waals surface area contributed by atoms with Crippen LogP contribution in [0.5, 0.6) is 5.75 Å². The Balaban J connectivity index is 1.62. The van der Waals surface area contributed by atoms with E-state index in [2.05, 4.69) is 10.4 Å². The summed E-state index contributed by atoms with van der Waals surface area (Å²) in [6, 6.07) is 12.2. The van der Waals surface area contributed by atoms with Crippen molar-refractivity contribution < 1.29 is 27.8 Å². The molecule has 0 aliphatic heterocycles. The first-order valence-electron chi connectivity index (χ1n) is 10.5. The van der Waals surface area contributed by atoms with Crippen molar-refractivity contribution in [3.8, 4) is 11.4 Å². The molecule has 1 unspecified atom stereocenters. The predicted octanol–water partition coefficient (Wildman–Crippen LogP) is 4.49. The molecule has 0 saturated heterocycles. The summed E-state index contributed by atoms with van der Waals surface area (Å²) < 4.78 is 45.4. The van der Waals surface area contributed by atoms with Crippen molar-refractivity contribution in [1.29, 1.82) is 0 Å². The highest BCUT2D eigenvalue weighted by Crippen LogP contribution is 2.31. The van der Waals surface area contributed by atoms with Crippen LogP contribution in [0.15, 0.2) is 54.7 Å². The summed E-state index contributed by atoms with van der Waals surface area (Å²) in [7, 11) is 0. The van der Waals surface area contributed by atoms with Gasteiger partial charge in [0.05, 0.1) is 28.7 Å². The van der Waals surface area contributed by atoms with Crippen molar-refractivity contribution in [1.82, 2.24) is 15.1 Å². The van der Waals surface area contributed by atoms with Gasteiger partial charge in [-0.3, -0.25) is 4.79 Å². The molecule has 9 heteroatoms. The van der Waals surface area contributed by atoms with E-state index < -0.39 is 23.8 Å². The highest BCUT2D eigenvalue weighted by Gasteiger charge is 2.30. The number of aliphatic hydroxyl groups excluding tert-OH is 1. The maximum absolute atomic E-state index is 12.8. The minimum atomic E-state index is -4.48. The largest absolute Gasteiger partial charge is 0.491 e. The van der Waals surface area contributed by atoms with Gasteiger partial charge in [-0.2, -0.15) is 18.3 Å². The molecule has 6 nitrogen and oxygen atoms in total. The molecule has 3 aromatic rings. The third kappa shape index (κ3) is 6.13. The minimum absolute atomic E-state index is 0.00344. The third-order valence-electron chi connectivity index (χ3n) is 4.98. The van der Waals surface area contributed by atoms with Crippen LogP contribution in [0.3, 0.4) is 0 Å². The molecule has 0 bridgehead atoms. The van der Waals surface area contributed by atoms with Crippen LogP contribution in [0.4, 0.5) is 13.2 Å². The van der Waals surface area contributed by atoms with E-state index in [1.165, 1.54) is 18.3 Å². The van der Waals surface area contributed by atoms with Gasteiger partial charge in [-0.05, 0) is 43.2 Å². The van der Waals surface area contributed by atoms with Crippen molar-refractivity contribution in [3.63, 3.8) is 0 Å². The fraction of sp³-hybridized carbons (Fsp3) is 0.333. The van der Waals surface area contributed by atoms with Crippen LogP contribution in [0.2, 0.25) is 0 Å². The van der Waals surface area contributed by atoms with E-state index in [1.54, 1.807) is 4.68 Å². The van der Waals surface area contributed by atoms with Gasteiger partial charge in [-0.15, -0.1) is 0 Å². The zero-order chi connectivity index (χ0) is 24.2. The maximum atomic E-state index is 12.8. The fourth-order valence-corrected chi connectivity index (χ4v) is 3.30. The number of carbonyl (C=O) groups excluding carboxylic acids is 1. The van der Waals surface area contributed by atoms with Gasteiger partial charge in [-0.1, -0.05) is 37.6 Å². The molecule has 0 aliphatic rings. The molecule has 33 heavy (non-hydrogen) atoms. The number of benzene rings is 2. The number of nitrogens with one attached hydrogen (secondary N) is 1. The molecule has 1 heterocycles. The molecule has 2 aromatic carbocycles. The van der Waals surface area contributed by atoms with Crippen LogP contribution in [-0.2, 0) is 6.18 Å². The number of carbonyl (C=O) groups is 1. The van der Waals surface area contributed by atoms with Crippen LogP contribution >= 0.6 is 0 Å². The number of aliphatic hydroxyl groups is 1. The van der Waals surface area contributed by atoms with E-state index in [9.17, 15) is 23.1 Å². The van der Waals surface area contributed by atoms with Gasteiger partial charge in [0, 0.05) is 6.54 Å². The topological polar surface area (TPSA) is 76.4 Å². The molecule has 0 radical (unpaired) electrons. The Morgan fingerprint density at radius 1 is 1.18 bits per heavy atom. The van der Waals surface area contributed by atoms with Gasteiger partial charge >= 0.3 is 6.18 Å². The summed E-state index contributed by atoms with van der Waals surface area (Å²) >= 11 is 0. The number of hydrogen-bond donors (Lipinski definition) is 2. The summed E-state index contributed by atoms with van der Waals surface area (Å²) in [6.07, 6.45) is -4.11. The molecule has 2 N–H and O–H groups in total. The second-order valence-electron chi connectivity index (χ2n) is 8.05. The zero-order valence-corrected chi connectivity index (χ0v) is 18.6. The Morgan fingerprint density at radius 3 is 2.52 bits per heavy atom. The van der Waals surface area contributed by atoms with E-state index >= 15 is 0 Å². The predicted molar refractivity (Wildman–Crippen MR) is 118 cm³/mol. The quantitative estimate of drug-likeness (QED) is 0.518. The Labute approximate surface area is 190 Å². The van der Waals surface area contributed by atoms with E-state index in [-0.39, 0.29) is 24.8 Å². The lowest BCUT2D eigenvalue weighted by atomic mass is 10.0. The fourth-order valence-electron chi connectivity index (χ4n) is 3.30. The summed E-state index contributed by atoms with van der Waals surface area (Å²) in [5.41, 5.74) is 2.21. The number of hydrogen-bond acceptors (Lipinski definition) is 4. The highest BCUT2D eigenvalue weighted by molar-refractivity contribution is 5.95. The van der Waals surface area contributed by atoms with Crippen molar-refractivity contribution in [3.05, 3.63) is 77.1 Å². The Kier molecular flexibility index (Phi) is 7.43. The summed E-state index contributed by atoms with van der Waals surface area (Å²) in [6.45, 7) is 5.48. The Morgan fingerprint density at radius 2 is 1.88 bits per heavy atom. The van der Waals surface area contributed by atoms with Crippen molar-refractivity contribution >= 4 is 5.91 Å². The first-order chi connectivity index (χ1) is 15.6. The number of nitrogens with zero attached hydrogens (tertiary/aromatic N) is 2. The van der Waals surface area contributed by atoms with E-state index in [4.69, 9.17) is 4.74 Å². The van der Waals surface area contributed by atoms with Gasteiger partial charge in [0.2, 0.25) is 0 Å². The lowest BCUT2D eigenvalue weighted by molar-refractivity contribution is -0.137. The number of amides is 1. The Hall–Kier alpha value is -3.33. The molecule has 0 aliphatic carbocycles. The van der Waals surface area contributed by atoms with Crippen LogP contribution < -0.4 is 10.1 Å². The van der Waals surface area contributed by atoms with Crippen LogP contribution in [0.1, 0.15) is 46.9 Å². The van der Waals surface area contributed by atoms with Gasteiger partial charge < -0.3 is 15.2 Å². The smallest absolute Gasteiger partial charge is 0.416 e.